The van der Waals surface area contributed by atoms with Gasteiger partial charge in [0.2, 0.25) is 5.91 Å². The van der Waals surface area contributed by atoms with Crippen molar-refractivity contribution in [1.82, 2.24) is 5.32 Å². The maximum atomic E-state index is 11.9. The average Bonchev–Trinajstić information content (AvgIpc) is 2.82. The molecule has 0 radical (unpaired) electrons. The molecule has 0 aromatic heterocycles. The number of methoxy groups -OCH3 is 1. The molecular formula is C29H43NO3. The van der Waals surface area contributed by atoms with E-state index < -0.39 is 0 Å². The molecule has 1 aromatic carbocycles. The Kier molecular flexibility index (Phi) is 17.1. The number of allylic oxidation sites excluding steroid dienone is 8. The van der Waals surface area contributed by atoms with Gasteiger partial charge >= 0.3 is 0 Å². The van der Waals surface area contributed by atoms with E-state index in [1.807, 2.05) is 6.07 Å². The summed E-state index contributed by atoms with van der Waals surface area (Å²) in [5.74, 6) is 0.664. The summed E-state index contributed by atoms with van der Waals surface area (Å²) in [4.78, 5) is 11.9. The van der Waals surface area contributed by atoms with Gasteiger partial charge in [-0.3, -0.25) is 4.79 Å². The van der Waals surface area contributed by atoms with E-state index >= 15 is 0 Å². The van der Waals surface area contributed by atoms with Gasteiger partial charge in [-0.05, 0) is 69.1 Å². The summed E-state index contributed by atoms with van der Waals surface area (Å²) in [6.07, 6.45) is 28.8. The number of hydrogen-bond acceptors (Lipinski definition) is 3. The monoisotopic (exact) mass is 453 g/mol. The van der Waals surface area contributed by atoms with Crippen molar-refractivity contribution < 1.29 is 14.6 Å². The Morgan fingerprint density at radius 1 is 0.909 bits per heavy atom. The van der Waals surface area contributed by atoms with Gasteiger partial charge in [-0.1, -0.05) is 74.4 Å². The number of carbonyl (C=O) groups excluding carboxylic acids is 1. The van der Waals surface area contributed by atoms with Crippen LogP contribution in [0.4, 0.5) is 0 Å². The Hall–Kier alpha value is -2.75. The van der Waals surface area contributed by atoms with Crippen molar-refractivity contribution in [2.45, 2.75) is 77.6 Å². The smallest absolute Gasteiger partial charge is 0.220 e. The third-order valence-corrected chi connectivity index (χ3v) is 5.21. The number of amides is 1. The van der Waals surface area contributed by atoms with Gasteiger partial charge in [0.15, 0.2) is 11.5 Å². The van der Waals surface area contributed by atoms with Crippen LogP contribution in [0.3, 0.4) is 0 Å². The van der Waals surface area contributed by atoms with Crippen LogP contribution < -0.4 is 10.1 Å². The van der Waals surface area contributed by atoms with Gasteiger partial charge in [-0.15, -0.1) is 0 Å². The number of carbonyl (C=O) groups is 1. The van der Waals surface area contributed by atoms with E-state index in [-0.39, 0.29) is 11.7 Å². The topological polar surface area (TPSA) is 58.6 Å². The van der Waals surface area contributed by atoms with Crippen molar-refractivity contribution in [2.75, 3.05) is 13.7 Å². The molecule has 0 fully saturated rings. The van der Waals surface area contributed by atoms with E-state index in [1.54, 1.807) is 12.1 Å². The van der Waals surface area contributed by atoms with Crippen LogP contribution in [0.2, 0.25) is 0 Å². The fourth-order valence-corrected chi connectivity index (χ4v) is 3.25. The lowest BCUT2D eigenvalue weighted by Crippen LogP contribution is -2.25. The molecule has 0 saturated heterocycles. The number of phenols is 1. The largest absolute Gasteiger partial charge is 0.504 e. The van der Waals surface area contributed by atoms with E-state index in [4.69, 9.17) is 4.74 Å². The van der Waals surface area contributed by atoms with Crippen molar-refractivity contribution in [3.63, 3.8) is 0 Å². The molecule has 0 unspecified atom stereocenters. The van der Waals surface area contributed by atoms with Crippen molar-refractivity contribution >= 4 is 5.91 Å². The zero-order valence-corrected chi connectivity index (χ0v) is 20.6. The number of phenolic OH excluding ortho intramolecular Hbond substituents is 1. The molecule has 0 bridgehead atoms. The first-order valence-electron chi connectivity index (χ1n) is 12.4. The Morgan fingerprint density at radius 3 is 2.12 bits per heavy atom. The number of aromatic hydroxyl groups is 1. The second-order valence-corrected chi connectivity index (χ2v) is 8.09. The van der Waals surface area contributed by atoms with Crippen LogP contribution in [0.5, 0.6) is 11.5 Å². The molecule has 0 atom stereocenters. The second kappa shape index (κ2) is 19.9. The first-order chi connectivity index (χ1) is 16.2. The SMILES string of the molecule is CCCCC/C=C\C/C=C\C/C=C\C/C=C\CCCC(=O)NCCc1ccc(O)c(OC)c1. The number of nitrogens with one attached hydrogen (secondary N) is 1. The van der Waals surface area contributed by atoms with Crippen LogP contribution >= 0.6 is 0 Å². The lowest BCUT2D eigenvalue weighted by atomic mass is 10.1. The maximum Gasteiger partial charge on any atom is 0.220 e. The third kappa shape index (κ3) is 15.7. The zero-order chi connectivity index (χ0) is 24.0. The normalized spacial score (nSPS) is 11.9. The van der Waals surface area contributed by atoms with E-state index in [1.165, 1.54) is 32.8 Å². The molecule has 1 amide bonds. The zero-order valence-electron chi connectivity index (χ0n) is 20.6. The minimum atomic E-state index is 0.0802. The summed E-state index contributed by atoms with van der Waals surface area (Å²) in [6.45, 7) is 2.82. The van der Waals surface area contributed by atoms with E-state index in [9.17, 15) is 9.90 Å². The maximum absolute atomic E-state index is 11.9. The minimum Gasteiger partial charge on any atom is -0.504 e. The van der Waals surface area contributed by atoms with Crippen molar-refractivity contribution in [2.24, 2.45) is 0 Å². The highest BCUT2D eigenvalue weighted by Crippen LogP contribution is 2.26. The van der Waals surface area contributed by atoms with Gasteiger partial charge < -0.3 is 15.2 Å². The molecule has 1 aromatic rings. The number of unbranched alkanes of at least 4 members (excludes halogenated alkanes) is 4. The molecule has 0 spiro atoms. The van der Waals surface area contributed by atoms with Crippen LogP contribution in [0.15, 0.2) is 66.8 Å². The summed E-state index contributed by atoms with van der Waals surface area (Å²) in [6, 6.07) is 5.25. The van der Waals surface area contributed by atoms with Crippen molar-refractivity contribution in [1.29, 1.82) is 0 Å². The first-order valence-corrected chi connectivity index (χ1v) is 12.4. The first kappa shape index (κ1) is 28.3. The highest BCUT2D eigenvalue weighted by molar-refractivity contribution is 5.75. The molecule has 0 saturated carbocycles. The Morgan fingerprint density at radius 2 is 1.52 bits per heavy atom. The van der Waals surface area contributed by atoms with Gasteiger partial charge in [0, 0.05) is 13.0 Å². The fraction of sp³-hybridized carbons (Fsp3) is 0.483. The summed E-state index contributed by atoms with van der Waals surface area (Å²) >= 11 is 0. The fourth-order valence-electron chi connectivity index (χ4n) is 3.25. The van der Waals surface area contributed by atoms with Crippen LogP contribution in [0, 0.1) is 0 Å². The number of benzene rings is 1. The highest BCUT2D eigenvalue weighted by atomic mass is 16.5. The molecule has 0 aliphatic rings. The Balaban J connectivity index is 2.00. The summed E-state index contributed by atoms with van der Waals surface area (Å²) in [5.41, 5.74) is 1.02. The predicted octanol–water partition coefficient (Wildman–Crippen LogP) is 7.21. The Labute approximate surface area is 201 Å². The number of hydrogen-bond donors (Lipinski definition) is 2. The lowest BCUT2D eigenvalue weighted by Gasteiger charge is -2.08. The molecule has 4 nitrogen and oxygen atoms in total. The Bertz CT molecular complexity index is 762. The summed E-state index contributed by atoms with van der Waals surface area (Å²) in [7, 11) is 1.53. The minimum absolute atomic E-state index is 0.0802. The van der Waals surface area contributed by atoms with E-state index in [0.717, 1.165) is 37.7 Å². The molecule has 182 valence electrons. The molecule has 2 N–H and O–H groups in total. The molecule has 0 aliphatic heterocycles. The van der Waals surface area contributed by atoms with Gasteiger partial charge in [0.1, 0.15) is 0 Å². The van der Waals surface area contributed by atoms with Crippen LogP contribution in [-0.2, 0) is 11.2 Å². The average molecular weight is 454 g/mol. The number of ether oxygens (including phenoxy) is 1. The standard InChI is InChI=1S/C29H43NO3/c1-3-4-5-6-7-8-9-10-11-12-13-14-15-16-17-18-19-20-29(32)30-24-23-26-21-22-27(31)28(25-26)33-2/h7-8,10-11,13-14,16-17,21-22,25,31H,3-6,9,12,15,18-20,23-24H2,1-2H3,(H,30,32)/b8-7-,11-10-,14-13-,17-16-. The number of rotatable bonds is 18. The quantitative estimate of drug-likeness (QED) is 0.182. The van der Waals surface area contributed by atoms with Crippen LogP contribution in [-0.4, -0.2) is 24.7 Å². The molecule has 4 heteroatoms. The van der Waals surface area contributed by atoms with E-state index in [0.29, 0.717) is 25.1 Å². The third-order valence-electron chi connectivity index (χ3n) is 5.21. The molecular weight excluding hydrogens is 410 g/mol. The van der Waals surface area contributed by atoms with Gasteiger partial charge in [0.05, 0.1) is 7.11 Å². The van der Waals surface area contributed by atoms with Gasteiger partial charge in [-0.25, -0.2) is 0 Å². The predicted molar refractivity (Wildman–Crippen MR) is 140 cm³/mol. The highest BCUT2D eigenvalue weighted by Gasteiger charge is 2.04. The van der Waals surface area contributed by atoms with Crippen molar-refractivity contribution in [3.8, 4) is 11.5 Å². The van der Waals surface area contributed by atoms with Gasteiger partial charge in [0.25, 0.3) is 0 Å². The van der Waals surface area contributed by atoms with E-state index in [2.05, 4.69) is 60.8 Å². The van der Waals surface area contributed by atoms with Crippen molar-refractivity contribution in [3.05, 3.63) is 72.4 Å². The molecule has 1 rings (SSSR count). The molecule has 0 heterocycles. The van der Waals surface area contributed by atoms with Crippen LogP contribution in [0.25, 0.3) is 0 Å². The molecule has 0 aliphatic carbocycles. The summed E-state index contributed by atoms with van der Waals surface area (Å²) in [5, 5.41) is 12.6. The lowest BCUT2D eigenvalue weighted by molar-refractivity contribution is -0.121. The van der Waals surface area contributed by atoms with Gasteiger partial charge in [-0.2, -0.15) is 0 Å². The second-order valence-electron chi connectivity index (χ2n) is 8.09. The van der Waals surface area contributed by atoms with Crippen LogP contribution in [0.1, 0.15) is 76.7 Å². The molecule has 33 heavy (non-hydrogen) atoms. The summed E-state index contributed by atoms with van der Waals surface area (Å²) < 4.78 is 5.10.